The first-order valence-electron chi connectivity index (χ1n) is 7.99. The largest absolute Gasteiger partial charge is 0.340 e. The van der Waals surface area contributed by atoms with Crippen molar-refractivity contribution in [3.63, 3.8) is 0 Å². The van der Waals surface area contributed by atoms with Gasteiger partial charge >= 0.3 is 0 Å². The lowest BCUT2D eigenvalue weighted by atomic mass is 9.93. The Labute approximate surface area is 131 Å². The minimum Gasteiger partial charge on any atom is -0.340 e. The van der Waals surface area contributed by atoms with E-state index >= 15 is 0 Å². The average Bonchev–Trinajstić information content (AvgIpc) is 3.08. The molecule has 1 aliphatic carbocycles. The molecule has 1 unspecified atom stereocenters. The maximum atomic E-state index is 9.13. The lowest BCUT2D eigenvalue weighted by Gasteiger charge is -2.24. The van der Waals surface area contributed by atoms with E-state index in [0.717, 1.165) is 37.3 Å². The molecule has 1 aliphatic rings. The summed E-state index contributed by atoms with van der Waals surface area (Å²) in [5.74, 6) is 0. The predicted molar refractivity (Wildman–Crippen MR) is 85.3 cm³/mol. The third-order valence-corrected chi connectivity index (χ3v) is 4.86. The third kappa shape index (κ3) is 2.44. The average molecular weight is 297 g/mol. The van der Waals surface area contributed by atoms with Gasteiger partial charge in [0.1, 0.15) is 11.8 Å². The second kappa shape index (κ2) is 5.98. The van der Waals surface area contributed by atoms with Gasteiger partial charge in [0.25, 0.3) is 0 Å². The second-order valence-electron chi connectivity index (χ2n) is 6.00. The molecule has 0 amide bonds. The summed E-state index contributed by atoms with van der Waals surface area (Å²) in [6, 6.07) is 4.60. The molecule has 0 spiro atoms. The monoisotopic (exact) mass is 297 g/mol. The predicted octanol–water partition coefficient (Wildman–Crippen LogP) is 2.59. The highest BCUT2D eigenvalue weighted by atomic mass is 15.3. The molecule has 2 heterocycles. The molecule has 2 aromatic rings. The topological polar surface area (TPSA) is 58.6 Å². The molecule has 0 saturated carbocycles. The fraction of sp³-hybridized carbons (Fsp3) is 0.529. The summed E-state index contributed by atoms with van der Waals surface area (Å²) in [6.07, 6.45) is 5.51. The van der Waals surface area contributed by atoms with Gasteiger partial charge in [-0.3, -0.25) is 4.68 Å². The van der Waals surface area contributed by atoms with Gasteiger partial charge in [-0.1, -0.05) is 0 Å². The van der Waals surface area contributed by atoms with Crippen molar-refractivity contribution in [2.24, 2.45) is 7.05 Å². The van der Waals surface area contributed by atoms with Crippen LogP contribution in [0.4, 0.5) is 0 Å². The van der Waals surface area contributed by atoms with Crippen LogP contribution in [0, 0.1) is 18.3 Å². The van der Waals surface area contributed by atoms with Gasteiger partial charge in [0.15, 0.2) is 0 Å². The van der Waals surface area contributed by atoms with E-state index in [2.05, 4.69) is 35.0 Å². The van der Waals surface area contributed by atoms with E-state index < -0.39 is 0 Å². The maximum Gasteiger partial charge on any atom is 0.120 e. The fourth-order valence-corrected chi connectivity index (χ4v) is 3.39. The molecule has 0 fully saturated rings. The molecule has 0 radical (unpaired) electrons. The van der Waals surface area contributed by atoms with E-state index in [4.69, 9.17) is 5.26 Å². The number of aromatic nitrogens is 3. The highest BCUT2D eigenvalue weighted by Gasteiger charge is 2.23. The Hall–Kier alpha value is -2.06. The van der Waals surface area contributed by atoms with Crippen molar-refractivity contribution in [3.05, 3.63) is 40.5 Å². The molecule has 5 heteroatoms. The highest BCUT2D eigenvalue weighted by molar-refractivity contribution is 5.34. The normalized spacial score (nSPS) is 17.3. The quantitative estimate of drug-likeness (QED) is 0.943. The van der Waals surface area contributed by atoms with Gasteiger partial charge in [-0.25, -0.2) is 0 Å². The van der Waals surface area contributed by atoms with Crippen LogP contribution in [0.3, 0.4) is 0 Å². The number of nitriles is 1. The Bertz CT molecular complexity index is 716. The van der Waals surface area contributed by atoms with E-state index in [1.165, 1.54) is 23.2 Å². The number of nitrogens with zero attached hydrogens (tertiary/aromatic N) is 4. The molecule has 0 aliphatic heterocycles. The van der Waals surface area contributed by atoms with Crippen LogP contribution in [-0.2, 0) is 26.6 Å². The Morgan fingerprint density at radius 2 is 2.32 bits per heavy atom. The third-order valence-electron chi connectivity index (χ3n) is 4.86. The van der Waals surface area contributed by atoms with Crippen molar-refractivity contribution < 1.29 is 0 Å². The molecule has 22 heavy (non-hydrogen) atoms. The molecule has 0 aromatic carbocycles. The Balaban J connectivity index is 1.76. The highest BCUT2D eigenvalue weighted by Crippen LogP contribution is 2.30. The van der Waals surface area contributed by atoms with Crippen LogP contribution in [0.2, 0.25) is 0 Å². The van der Waals surface area contributed by atoms with Crippen molar-refractivity contribution in [1.29, 1.82) is 5.26 Å². The molecule has 0 saturated heterocycles. The molecule has 2 aromatic heterocycles. The minimum atomic E-state index is 0.370. The van der Waals surface area contributed by atoms with Crippen LogP contribution in [0.1, 0.15) is 54.0 Å². The summed E-state index contributed by atoms with van der Waals surface area (Å²) in [5.41, 5.74) is 5.81. The summed E-state index contributed by atoms with van der Waals surface area (Å²) in [7, 11) is 1.95. The van der Waals surface area contributed by atoms with E-state index in [1.54, 1.807) is 0 Å². The molecular weight excluding hydrogens is 274 g/mol. The van der Waals surface area contributed by atoms with Crippen LogP contribution in [0.5, 0.6) is 0 Å². The van der Waals surface area contributed by atoms with Gasteiger partial charge in [0.2, 0.25) is 0 Å². The van der Waals surface area contributed by atoms with E-state index in [0.29, 0.717) is 6.04 Å². The first-order valence-corrected chi connectivity index (χ1v) is 7.99. The van der Waals surface area contributed by atoms with Gasteiger partial charge in [-0.05, 0) is 44.7 Å². The van der Waals surface area contributed by atoms with E-state index in [9.17, 15) is 0 Å². The standard InChI is InChI=1S/C17H23N5/c1-4-22-17-7-5-6-16(15(17)11-20-22)19-10-13-8-14(9-18)21(3)12(13)2/h8,11,16,19H,4-7,10H2,1-3H3. The molecule has 0 bridgehead atoms. The molecule has 5 nitrogen and oxygen atoms in total. The van der Waals surface area contributed by atoms with Crippen molar-refractivity contribution in [2.75, 3.05) is 0 Å². The lowest BCUT2D eigenvalue weighted by Crippen LogP contribution is -2.25. The summed E-state index contributed by atoms with van der Waals surface area (Å²) < 4.78 is 4.07. The summed E-state index contributed by atoms with van der Waals surface area (Å²) in [5, 5.41) is 17.3. The zero-order chi connectivity index (χ0) is 15.7. The Morgan fingerprint density at radius 3 is 3.00 bits per heavy atom. The van der Waals surface area contributed by atoms with Gasteiger partial charge in [0.05, 0.1) is 6.20 Å². The first kappa shape index (κ1) is 14.9. The summed E-state index contributed by atoms with van der Waals surface area (Å²) in [4.78, 5) is 0. The first-order chi connectivity index (χ1) is 10.7. The van der Waals surface area contributed by atoms with Crippen molar-refractivity contribution >= 4 is 0 Å². The molecular formula is C17H23N5. The van der Waals surface area contributed by atoms with Crippen LogP contribution in [0.15, 0.2) is 12.3 Å². The molecule has 3 rings (SSSR count). The van der Waals surface area contributed by atoms with Gasteiger partial charge in [-0.2, -0.15) is 10.4 Å². The SMILES string of the molecule is CCn1ncc2c1CCCC2NCc1cc(C#N)n(C)c1C. The molecule has 116 valence electrons. The van der Waals surface area contributed by atoms with Crippen LogP contribution in [-0.4, -0.2) is 14.3 Å². The van der Waals surface area contributed by atoms with Crippen LogP contribution >= 0.6 is 0 Å². The summed E-state index contributed by atoms with van der Waals surface area (Å²) >= 11 is 0. The second-order valence-corrected chi connectivity index (χ2v) is 6.00. The molecule has 1 N–H and O–H groups in total. The number of hydrogen-bond donors (Lipinski definition) is 1. The van der Waals surface area contributed by atoms with Crippen molar-refractivity contribution in [2.45, 2.75) is 52.2 Å². The van der Waals surface area contributed by atoms with E-state index in [1.807, 2.05) is 23.9 Å². The zero-order valence-corrected chi connectivity index (χ0v) is 13.6. The number of hydrogen-bond acceptors (Lipinski definition) is 3. The van der Waals surface area contributed by atoms with Crippen LogP contribution < -0.4 is 5.32 Å². The number of rotatable bonds is 4. The Morgan fingerprint density at radius 1 is 1.50 bits per heavy atom. The van der Waals surface area contributed by atoms with Crippen molar-refractivity contribution in [3.8, 4) is 6.07 Å². The van der Waals surface area contributed by atoms with Crippen LogP contribution in [0.25, 0.3) is 0 Å². The minimum absolute atomic E-state index is 0.370. The lowest BCUT2D eigenvalue weighted by molar-refractivity contribution is 0.447. The molecule has 1 atom stereocenters. The number of fused-ring (bicyclic) bond motifs is 1. The van der Waals surface area contributed by atoms with Crippen molar-refractivity contribution in [1.82, 2.24) is 19.7 Å². The fourth-order valence-electron chi connectivity index (χ4n) is 3.39. The summed E-state index contributed by atoms with van der Waals surface area (Å²) in [6.45, 7) is 5.94. The van der Waals surface area contributed by atoms with Gasteiger partial charge in [0, 0.05) is 43.1 Å². The van der Waals surface area contributed by atoms with Gasteiger partial charge < -0.3 is 9.88 Å². The van der Waals surface area contributed by atoms with Gasteiger partial charge in [-0.15, -0.1) is 0 Å². The maximum absolute atomic E-state index is 9.13. The number of nitrogens with one attached hydrogen (secondary N) is 1. The van der Waals surface area contributed by atoms with E-state index in [-0.39, 0.29) is 0 Å². The smallest absolute Gasteiger partial charge is 0.120 e. The zero-order valence-electron chi connectivity index (χ0n) is 13.6. The number of aryl methyl sites for hydroxylation is 1. The Kier molecular flexibility index (Phi) is 4.04.